The first-order chi connectivity index (χ1) is 10.8. The summed E-state index contributed by atoms with van der Waals surface area (Å²) in [5.74, 6) is 0.807. The molecule has 0 nitrogen and oxygen atoms in total. The predicted molar refractivity (Wildman–Crippen MR) is 92.2 cm³/mol. The largest absolute Gasteiger partial charge is 0.207 e. The van der Waals surface area contributed by atoms with E-state index in [9.17, 15) is 4.39 Å². The fraction of sp³-hybridized carbons (Fsp3) is 0.100. The third kappa shape index (κ3) is 2.55. The van der Waals surface area contributed by atoms with Crippen molar-refractivity contribution in [1.29, 1.82) is 0 Å². The van der Waals surface area contributed by atoms with Crippen LogP contribution in [0.5, 0.6) is 0 Å². The topological polar surface area (TPSA) is 0 Å². The lowest BCUT2D eigenvalue weighted by Gasteiger charge is -2.40. The standard InChI is InChI=1S/C20H19FS/c1-2-22(18-9-5-3-6-10-18,19-11-7-4-8-12-19)20-15-13-17(21)14-16-20/h3-16H,2H2,1H3. The molecule has 0 fully saturated rings. The van der Waals surface area contributed by atoms with Crippen LogP contribution in [0.15, 0.2) is 99.6 Å². The molecule has 0 amide bonds. The van der Waals surface area contributed by atoms with Crippen LogP contribution in [0.3, 0.4) is 0 Å². The van der Waals surface area contributed by atoms with Crippen LogP contribution in [0.1, 0.15) is 6.92 Å². The number of halogens is 1. The molecular weight excluding hydrogens is 291 g/mol. The second kappa shape index (κ2) is 6.37. The highest BCUT2D eigenvalue weighted by Gasteiger charge is 2.28. The molecule has 0 aliphatic rings. The minimum absolute atomic E-state index is 0.186. The number of hydrogen-bond donors (Lipinski definition) is 0. The lowest BCUT2D eigenvalue weighted by Crippen LogP contribution is -2.06. The zero-order chi connectivity index (χ0) is 15.4. The van der Waals surface area contributed by atoms with Gasteiger partial charge in [0.05, 0.1) is 0 Å². The van der Waals surface area contributed by atoms with Crippen molar-refractivity contribution < 1.29 is 4.39 Å². The summed E-state index contributed by atoms with van der Waals surface area (Å²) in [6, 6.07) is 28.2. The minimum atomic E-state index is -1.35. The first kappa shape index (κ1) is 14.9. The van der Waals surface area contributed by atoms with E-state index in [1.54, 1.807) is 12.1 Å². The Morgan fingerprint density at radius 3 is 1.45 bits per heavy atom. The molecule has 0 atom stereocenters. The minimum Gasteiger partial charge on any atom is -0.207 e. The zero-order valence-corrected chi connectivity index (χ0v) is 13.4. The van der Waals surface area contributed by atoms with Gasteiger partial charge in [0, 0.05) is 0 Å². The van der Waals surface area contributed by atoms with Gasteiger partial charge in [-0.25, -0.2) is 4.39 Å². The Kier molecular flexibility index (Phi) is 4.30. The Bertz CT molecular complexity index is 681. The van der Waals surface area contributed by atoms with Crippen LogP contribution in [-0.4, -0.2) is 5.75 Å². The van der Waals surface area contributed by atoms with Gasteiger partial charge >= 0.3 is 0 Å². The monoisotopic (exact) mass is 310 g/mol. The van der Waals surface area contributed by atoms with Gasteiger partial charge in [0.15, 0.2) is 0 Å². The maximum atomic E-state index is 13.4. The lowest BCUT2D eigenvalue weighted by atomic mass is 10.3. The van der Waals surface area contributed by atoms with Crippen molar-refractivity contribution in [3.8, 4) is 0 Å². The molecule has 0 aliphatic carbocycles. The summed E-state index contributed by atoms with van der Waals surface area (Å²) in [7, 11) is -1.35. The predicted octanol–water partition coefficient (Wildman–Crippen LogP) is 6.13. The van der Waals surface area contributed by atoms with Gasteiger partial charge in [0.2, 0.25) is 0 Å². The average Bonchev–Trinajstić information content (AvgIpc) is 2.59. The number of benzene rings is 3. The summed E-state index contributed by atoms with van der Waals surface area (Å²) in [5, 5.41) is 0. The highest BCUT2D eigenvalue weighted by molar-refractivity contribution is 8.33. The fourth-order valence-electron chi connectivity index (χ4n) is 2.88. The molecule has 0 radical (unpaired) electrons. The average molecular weight is 310 g/mol. The maximum Gasteiger partial charge on any atom is 0.123 e. The molecule has 0 N–H and O–H groups in total. The van der Waals surface area contributed by atoms with Crippen molar-refractivity contribution in [2.24, 2.45) is 0 Å². The molecule has 3 aromatic carbocycles. The summed E-state index contributed by atoms with van der Waals surface area (Å²) < 4.78 is 13.4. The molecule has 3 aromatic rings. The molecule has 3 rings (SSSR count). The Labute approximate surface area is 133 Å². The Balaban J connectivity index is 2.28. The summed E-state index contributed by atoms with van der Waals surface area (Å²) >= 11 is 0. The van der Waals surface area contributed by atoms with Gasteiger partial charge in [-0.15, -0.1) is 0 Å². The number of hydrogen-bond acceptors (Lipinski definition) is 0. The maximum absolute atomic E-state index is 13.4. The van der Waals surface area contributed by atoms with Gasteiger partial charge in [-0.05, 0) is 69.0 Å². The van der Waals surface area contributed by atoms with Crippen molar-refractivity contribution in [1.82, 2.24) is 0 Å². The van der Waals surface area contributed by atoms with E-state index in [2.05, 4.69) is 55.5 Å². The lowest BCUT2D eigenvalue weighted by molar-refractivity contribution is 0.626. The van der Waals surface area contributed by atoms with Crippen molar-refractivity contribution >= 4 is 10.0 Å². The molecule has 0 spiro atoms. The molecule has 0 saturated heterocycles. The smallest absolute Gasteiger partial charge is 0.123 e. The van der Waals surface area contributed by atoms with Crippen LogP contribution in [0, 0.1) is 5.82 Å². The summed E-state index contributed by atoms with van der Waals surface area (Å²) in [4.78, 5) is 3.83. The molecule has 0 unspecified atom stereocenters. The molecule has 0 heterocycles. The molecule has 0 aliphatic heterocycles. The molecule has 112 valence electrons. The summed E-state index contributed by atoms with van der Waals surface area (Å²) in [6.07, 6.45) is 0. The Morgan fingerprint density at radius 2 is 1.05 bits per heavy atom. The van der Waals surface area contributed by atoms with Crippen LogP contribution in [0.4, 0.5) is 4.39 Å². The van der Waals surface area contributed by atoms with Gasteiger partial charge in [-0.1, -0.05) is 43.3 Å². The van der Waals surface area contributed by atoms with Gasteiger partial charge in [0.25, 0.3) is 0 Å². The van der Waals surface area contributed by atoms with Gasteiger partial charge in [-0.2, -0.15) is 10.0 Å². The highest BCUT2D eigenvalue weighted by Crippen LogP contribution is 2.67. The van der Waals surface area contributed by atoms with Gasteiger partial charge in [0.1, 0.15) is 5.82 Å². The highest BCUT2D eigenvalue weighted by atomic mass is 32.3. The Morgan fingerprint density at radius 1 is 0.636 bits per heavy atom. The second-order valence-corrected chi connectivity index (χ2v) is 8.58. The second-order valence-electron chi connectivity index (χ2n) is 5.11. The summed E-state index contributed by atoms with van der Waals surface area (Å²) in [5.41, 5.74) is 0. The molecular formula is C20H19FS. The van der Waals surface area contributed by atoms with Crippen molar-refractivity contribution in [3.63, 3.8) is 0 Å². The first-order valence-corrected chi connectivity index (χ1v) is 9.24. The van der Waals surface area contributed by atoms with Crippen LogP contribution < -0.4 is 0 Å². The first-order valence-electron chi connectivity index (χ1n) is 7.44. The van der Waals surface area contributed by atoms with Gasteiger partial charge < -0.3 is 0 Å². The molecule has 22 heavy (non-hydrogen) atoms. The van der Waals surface area contributed by atoms with Gasteiger partial charge in [-0.3, -0.25) is 0 Å². The van der Waals surface area contributed by atoms with E-state index in [0.29, 0.717) is 0 Å². The normalized spacial score (nSPS) is 12.1. The van der Waals surface area contributed by atoms with Crippen LogP contribution in [0.2, 0.25) is 0 Å². The van der Waals surface area contributed by atoms with E-state index in [0.717, 1.165) is 5.75 Å². The van der Waals surface area contributed by atoms with Crippen molar-refractivity contribution in [2.75, 3.05) is 5.75 Å². The van der Waals surface area contributed by atoms with E-state index in [-0.39, 0.29) is 5.82 Å². The molecule has 2 heteroatoms. The molecule has 0 saturated carbocycles. The van der Waals surface area contributed by atoms with Crippen molar-refractivity contribution in [2.45, 2.75) is 21.6 Å². The molecule has 0 bridgehead atoms. The van der Waals surface area contributed by atoms with Crippen LogP contribution >= 0.6 is 10.0 Å². The van der Waals surface area contributed by atoms with Crippen molar-refractivity contribution in [3.05, 3.63) is 90.7 Å². The van der Waals surface area contributed by atoms with E-state index < -0.39 is 10.0 Å². The summed E-state index contributed by atoms with van der Waals surface area (Å²) in [6.45, 7) is 2.22. The number of rotatable bonds is 4. The SMILES string of the molecule is CCS(c1ccccc1)(c1ccccc1)c1ccc(F)cc1. The third-order valence-corrected chi connectivity index (χ3v) is 8.04. The third-order valence-electron chi connectivity index (χ3n) is 3.94. The van der Waals surface area contributed by atoms with Crippen LogP contribution in [0.25, 0.3) is 0 Å². The quantitative estimate of drug-likeness (QED) is 0.544. The molecule has 0 aromatic heterocycles. The van der Waals surface area contributed by atoms with E-state index in [1.807, 2.05) is 24.3 Å². The van der Waals surface area contributed by atoms with E-state index in [1.165, 1.54) is 14.7 Å². The zero-order valence-electron chi connectivity index (χ0n) is 12.6. The van der Waals surface area contributed by atoms with E-state index >= 15 is 0 Å². The van der Waals surface area contributed by atoms with Crippen LogP contribution in [-0.2, 0) is 0 Å². The Hall–Kier alpha value is -2.06. The fourth-order valence-corrected chi connectivity index (χ4v) is 6.54. The van der Waals surface area contributed by atoms with E-state index in [4.69, 9.17) is 0 Å².